The maximum Gasteiger partial charge on any atom is 0.248 e. The Kier molecular flexibility index (Phi) is 9.08. The van der Waals surface area contributed by atoms with Gasteiger partial charge in [0.25, 0.3) is 0 Å². The van der Waals surface area contributed by atoms with Gasteiger partial charge in [0.05, 0.1) is 6.20 Å². The Morgan fingerprint density at radius 1 is 1.03 bits per heavy atom. The Morgan fingerprint density at radius 2 is 1.74 bits per heavy atom. The van der Waals surface area contributed by atoms with E-state index >= 15 is 0 Å². The van der Waals surface area contributed by atoms with Crippen molar-refractivity contribution in [3.8, 4) is 11.3 Å². The average Bonchev–Trinajstić information content (AvgIpc) is 3.31. The molecule has 0 aliphatic carbocycles. The van der Waals surface area contributed by atoms with Crippen molar-refractivity contribution in [3.05, 3.63) is 77.8 Å². The third kappa shape index (κ3) is 7.64. The summed E-state index contributed by atoms with van der Waals surface area (Å²) in [5.74, 6) is 0.770. The second-order valence-electron chi connectivity index (χ2n) is 10.8. The molecule has 1 atom stereocenters. The minimum absolute atomic E-state index is 0.0895. The van der Waals surface area contributed by atoms with Gasteiger partial charge in [-0.15, -0.1) is 0 Å². The number of hydrogen-bond acceptors (Lipinski definition) is 4. The van der Waals surface area contributed by atoms with E-state index in [0.717, 1.165) is 31.2 Å². The molecule has 0 fully saturated rings. The number of rotatable bonds is 12. The maximum absolute atomic E-state index is 11.6. The highest BCUT2D eigenvalue weighted by Crippen LogP contribution is 2.41. The van der Waals surface area contributed by atoms with Crippen LogP contribution in [0.4, 0.5) is 0 Å². The molecule has 0 radical (unpaired) electrons. The molecule has 0 bridgehead atoms. The molecule has 188 valence electrons. The van der Waals surface area contributed by atoms with Crippen molar-refractivity contribution in [2.75, 3.05) is 0 Å². The van der Waals surface area contributed by atoms with Crippen LogP contribution in [0.1, 0.15) is 80.8 Å². The zero-order chi connectivity index (χ0) is 25.5. The van der Waals surface area contributed by atoms with Crippen LogP contribution < -0.4 is 5.73 Å². The topological polar surface area (TPSA) is 78.4 Å². The number of carbonyl (C=O) groups is 1. The first-order valence-electron chi connectivity index (χ1n) is 12.6. The predicted octanol–water partition coefficient (Wildman–Crippen LogP) is 7.70. The summed E-state index contributed by atoms with van der Waals surface area (Å²) >= 11 is 0. The van der Waals surface area contributed by atoms with Gasteiger partial charge in [-0.05, 0) is 55.1 Å². The average molecular weight is 493 g/mol. The van der Waals surface area contributed by atoms with E-state index in [1.54, 1.807) is 24.4 Å². The zero-order valence-corrected chi connectivity index (χ0v) is 22.8. The molecule has 35 heavy (non-hydrogen) atoms. The fourth-order valence-corrected chi connectivity index (χ4v) is 5.10. The van der Waals surface area contributed by atoms with Gasteiger partial charge < -0.3 is 14.6 Å². The Balaban J connectivity index is 1.67. The number of oxazole rings is 1. The van der Waals surface area contributed by atoms with Gasteiger partial charge in [-0.3, -0.25) is 4.79 Å². The summed E-state index contributed by atoms with van der Waals surface area (Å²) in [5, 5.41) is 0.0895. The van der Waals surface area contributed by atoms with Crippen molar-refractivity contribution < 1.29 is 13.6 Å². The van der Waals surface area contributed by atoms with Crippen LogP contribution in [0.15, 0.2) is 65.2 Å². The molecule has 0 aliphatic rings. The molecule has 5 nitrogen and oxygen atoms in total. The molecule has 3 rings (SSSR count). The molecule has 1 amide bonds. The van der Waals surface area contributed by atoms with Crippen molar-refractivity contribution in [2.24, 2.45) is 5.73 Å². The molecule has 1 heterocycles. The number of nitrogens with two attached hydrogens (primary N) is 1. The molecule has 0 spiro atoms. The first-order chi connectivity index (χ1) is 16.6. The fraction of sp³-hybridized carbons (Fsp3) is 0.448. The van der Waals surface area contributed by atoms with Crippen LogP contribution in [0.5, 0.6) is 0 Å². The Bertz CT molecular complexity index is 1090. The third-order valence-corrected chi connectivity index (χ3v) is 11.5. The lowest BCUT2D eigenvalue weighted by Gasteiger charge is -2.38. The second kappa shape index (κ2) is 11.8. The Labute approximate surface area is 211 Å². The summed E-state index contributed by atoms with van der Waals surface area (Å²) in [6, 6.07) is 17.8. The molecular weight excluding hydrogens is 452 g/mol. The third-order valence-electron chi connectivity index (χ3n) is 7.00. The van der Waals surface area contributed by atoms with E-state index in [9.17, 15) is 4.79 Å². The van der Waals surface area contributed by atoms with Crippen LogP contribution >= 0.6 is 0 Å². The summed E-state index contributed by atoms with van der Waals surface area (Å²) in [6.07, 6.45) is 8.13. The van der Waals surface area contributed by atoms with Gasteiger partial charge >= 0.3 is 0 Å². The first-order valence-corrected chi connectivity index (χ1v) is 15.6. The lowest BCUT2D eigenvalue weighted by molar-refractivity contribution is 0.100. The van der Waals surface area contributed by atoms with E-state index in [4.69, 9.17) is 14.6 Å². The van der Waals surface area contributed by atoms with Crippen LogP contribution in [0.25, 0.3) is 11.3 Å². The number of primary amides is 1. The van der Waals surface area contributed by atoms with Crippen molar-refractivity contribution in [1.29, 1.82) is 0 Å². The molecule has 0 aliphatic heterocycles. The highest BCUT2D eigenvalue weighted by Gasteiger charge is 2.40. The van der Waals surface area contributed by atoms with Crippen LogP contribution in [0.3, 0.4) is 0 Å². The predicted molar refractivity (Wildman–Crippen MR) is 145 cm³/mol. The molecule has 0 saturated carbocycles. The minimum Gasteiger partial charge on any atom is -0.438 e. The summed E-state index contributed by atoms with van der Waals surface area (Å²) in [5.41, 5.74) is 8.08. The van der Waals surface area contributed by atoms with Gasteiger partial charge in [-0.1, -0.05) is 82.5 Å². The quantitative estimate of drug-likeness (QED) is 0.207. The van der Waals surface area contributed by atoms with Crippen molar-refractivity contribution in [2.45, 2.75) is 83.5 Å². The van der Waals surface area contributed by atoms with Crippen LogP contribution in [0.2, 0.25) is 18.1 Å². The number of hydrogen-bond donors (Lipinski definition) is 1. The SMILES string of the molecule is CC(C)(C)[Si](C)(C)OC(CCCCCCc1ccccc1)c1ncc(-c2cccc(C(N)=O)c2)o1. The number of amides is 1. The summed E-state index contributed by atoms with van der Waals surface area (Å²) in [4.78, 5) is 16.2. The van der Waals surface area contributed by atoms with Gasteiger partial charge in [0.15, 0.2) is 14.1 Å². The van der Waals surface area contributed by atoms with Crippen molar-refractivity contribution in [3.63, 3.8) is 0 Å². The maximum atomic E-state index is 11.6. The number of benzene rings is 2. The van der Waals surface area contributed by atoms with Crippen molar-refractivity contribution >= 4 is 14.2 Å². The van der Waals surface area contributed by atoms with Crippen molar-refractivity contribution in [1.82, 2.24) is 4.98 Å². The van der Waals surface area contributed by atoms with Gasteiger partial charge in [-0.25, -0.2) is 4.98 Å². The van der Waals surface area contributed by atoms with E-state index in [1.165, 1.54) is 18.4 Å². The number of nitrogens with zero attached hydrogens (tertiary/aromatic N) is 1. The molecule has 2 N–H and O–H groups in total. The normalized spacial score (nSPS) is 13.1. The molecule has 1 aromatic heterocycles. The Hall–Kier alpha value is -2.70. The lowest BCUT2D eigenvalue weighted by Crippen LogP contribution is -2.41. The Morgan fingerprint density at radius 3 is 2.43 bits per heavy atom. The standard InChI is InChI=1S/C29H40N2O3Si/c1-29(2,3)35(4,5)34-25(19-12-7-6-9-14-22-15-10-8-11-16-22)28-31-21-26(33-28)23-17-13-18-24(20-23)27(30)32/h8,10-11,13,15-18,20-21,25H,6-7,9,12,14,19H2,1-5H3,(H2,30,32). The van der Waals surface area contributed by atoms with Gasteiger partial charge in [-0.2, -0.15) is 0 Å². The summed E-state index contributed by atoms with van der Waals surface area (Å²) in [6.45, 7) is 11.3. The number of aryl methyl sites for hydroxylation is 1. The smallest absolute Gasteiger partial charge is 0.248 e. The van der Waals surface area contributed by atoms with E-state index in [0.29, 0.717) is 17.2 Å². The molecular formula is C29H40N2O3Si. The minimum atomic E-state index is -2.03. The molecule has 6 heteroatoms. The van der Waals surface area contributed by atoms with Gasteiger partial charge in [0.1, 0.15) is 6.10 Å². The molecule has 0 saturated heterocycles. The largest absolute Gasteiger partial charge is 0.438 e. The highest BCUT2D eigenvalue weighted by molar-refractivity contribution is 6.74. The monoisotopic (exact) mass is 492 g/mol. The zero-order valence-electron chi connectivity index (χ0n) is 21.8. The van der Waals surface area contributed by atoms with E-state index < -0.39 is 14.2 Å². The van der Waals surface area contributed by atoms with Gasteiger partial charge in [0.2, 0.25) is 11.8 Å². The first kappa shape index (κ1) is 26.9. The molecule has 1 unspecified atom stereocenters. The van der Waals surface area contributed by atoms with E-state index in [1.807, 2.05) is 6.07 Å². The second-order valence-corrected chi connectivity index (χ2v) is 15.6. The van der Waals surface area contributed by atoms with Crippen LogP contribution in [-0.4, -0.2) is 19.2 Å². The van der Waals surface area contributed by atoms with Gasteiger partial charge in [0, 0.05) is 11.1 Å². The number of aromatic nitrogens is 1. The number of carbonyl (C=O) groups excluding carboxylic acids is 1. The molecule has 2 aromatic carbocycles. The lowest BCUT2D eigenvalue weighted by atomic mass is 10.0. The summed E-state index contributed by atoms with van der Waals surface area (Å²) in [7, 11) is -2.03. The van der Waals surface area contributed by atoms with Crippen LogP contribution in [-0.2, 0) is 10.8 Å². The van der Waals surface area contributed by atoms with E-state index in [2.05, 4.69) is 69.2 Å². The fourth-order valence-electron chi connectivity index (χ4n) is 3.82. The van der Waals surface area contributed by atoms with E-state index in [-0.39, 0.29) is 11.1 Å². The molecule has 3 aromatic rings. The summed E-state index contributed by atoms with van der Waals surface area (Å²) < 4.78 is 13.0. The number of unbranched alkanes of at least 4 members (excludes halogenated alkanes) is 3. The van der Waals surface area contributed by atoms with Crippen LogP contribution in [0, 0.1) is 0 Å². The highest BCUT2D eigenvalue weighted by atomic mass is 28.4.